The van der Waals surface area contributed by atoms with Crippen LogP contribution in [-0.4, -0.2) is 33.0 Å². The number of esters is 1. The summed E-state index contributed by atoms with van der Waals surface area (Å²) in [4.78, 5) is 28.0. The molecule has 0 saturated heterocycles. The maximum absolute atomic E-state index is 12.1. The summed E-state index contributed by atoms with van der Waals surface area (Å²) >= 11 is 0. The average Bonchev–Trinajstić information content (AvgIpc) is 2.70. The first-order chi connectivity index (χ1) is 9.30. The van der Waals surface area contributed by atoms with Crippen LogP contribution in [0.2, 0.25) is 0 Å². The van der Waals surface area contributed by atoms with Gasteiger partial charge in [-0.25, -0.2) is 14.3 Å². The van der Waals surface area contributed by atoms with Gasteiger partial charge in [-0.3, -0.25) is 4.79 Å². The summed E-state index contributed by atoms with van der Waals surface area (Å²) in [6, 6.07) is 1.72. The van der Waals surface area contributed by atoms with Gasteiger partial charge in [0.05, 0.1) is 5.69 Å². The van der Waals surface area contributed by atoms with Crippen molar-refractivity contribution in [2.24, 2.45) is 5.41 Å². The number of aryl methyl sites for hydroxylation is 1. The van der Waals surface area contributed by atoms with Crippen molar-refractivity contribution in [1.29, 1.82) is 0 Å². The van der Waals surface area contributed by atoms with Gasteiger partial charge < -0.3 is 4.74 Å². The highest BCUT2D eigenvalue weighted by Gasteiger charge is 2.25. The third-order valence-corrected chi connectivity index (χ3v) is 2.95. The fraction of sp³-hybridized carbons (Fsp3) is 0.429. The van der Waals surface area contributed by atoms with Crippen molar-refractivity contribution >= 4 is 17.4 Å². The molecule has 0 aliphatic carbocycles. The van der Waals surface area contributed by atoms with Gasteiger partial charge in [0, 0.05) is 17.8 Å². The van der Waals surface area contributed by atoms with Crippen LogP contribution in [0.25, 0.3) is 5.65 Å². The maximum Gasteiger partial charge on any atom is 0.344 e. The number of nitrogens with zero attached hydrogens (tertiary/aromatic N) is 3. The number of fused-ring (bicyclic) bond motifs is 1. The molecule has 2 rings (SSSR count). The summed E-state index contributed by atoms with van der Waals surface area (Å²) in [7, 11) is 0. The third kappa shape index (κ3) is 2.68. The van der Waals surface area contributed by atoms with Gasteiger partial charge in [-0.15, -0.1) is 0 Å². The summed E-state index contributed by atoms with van der Waals surface area (Å²) in [5.74, 6) is -0.707. The number of rotatable bonds is 3. The van der Waals surface area contributed by atoms with E-state index < -0.39 is 11.4 Å². The maximum atomic E-state index is 12.1. The molecular weight excluding hydrogens is 258 g/mol. The zero-order valence-electron chi connectivity index (χ0n) is 12.0. The second kappa shape index (κ2) is 5.03. The summed E-state index contributed by atoms with van der Waals surface area (Å²) < 4.78 is 6.59. The molecule has 106 valence electrons. The SMILES string of the molecule is Cc1nn2cccnc2c1C(=O)OCC(=O)C(C)(C)C. The molecule has 0 unspecified atom stereocenters. The predicted octanol–water partition coefficient (Wildman–Crippen LogP) is 1.81. The van der Waals surface area contributed by atoms with Crippen LogP contribution in [-0.2, 0) is 9.53 Å². The Morgan fingerprint density at radius 3 is 2.70 bits per heavy atom. The van der Waals surface area contributed by atoms with E-state index in [1.165, 1.54) is 4.52 Å². The lowest BCUT2D eigenvalue weighted by Crippen LogP contribution is -2.26. The number of hydrogen-bond acceptors (Lipinski definition) is 5. The van der Waals surface area contributed by atoms with Gasteiger partial charge in [-0.2, -0.15) is 5.10 Å². The van der Waals surface area contributed by atoms with Gasteiger partial charge in [0.2, 0.25) is 0 Å². The lowest BCUT2D eigenvalue weighted by molar-refractivity contribution is -0.129. The number of aromatic nitrogens is 3. The number of Topliss-reactive ketones (excluding diaryl/α,β-unsaturated/α-hetero) is 1. The van der Waals surface area contributed by atoms with Crippen molar-refractivity contribution in [2.75, 3.05) is 6.61 Å². The lowest BCUT2D eigenvalue weighted by Gasteiger charge is -2.16. The molecule has 0 spiro atoms. The molecule has 20 heavy (non-hydrogen) atoms. The minimum atomic E-state index is -0.575. The molecule has 6 nitrogen and oxygen atoms in total. The van der Waals surface area contributed by atoms with Gasteiger partial charge in [0.25, 0.3) is 0 Å². The summed E-state index contributed by atoms with van der Waals surface area (Å²) in [6.45, 7) is 6.81. The van der Waals surface area contributed by atoms with Gasteiger partial charge >= 0.3 is 5.97 Å². The van der Waals surface area contributed by atoms with Crippen LogP contribution >= 0.6 is 0 Å². The van der Waals surface area contributed by atoms with E-state index >= 15 is 0 Å². The molecule has 0 aliphatic heterocycles. The molecule has 6 heteroatoms. The molecule has 0 saturated carbocycles. The summed E-state index contributed by atoms with van der Waals surface area (Å²) in [5.41, 5.74) is 0.719. The van der Waals surface area contributed by atoms with Crippen LogP contribution in [0.4, 0.5) is 0 Å². The number of carbonyl (C=O) groups excluding carboxylic acids is 2. The molecule has 0 atom stereocenters. The van der Waals surface area contributed by atoms with Crippen molar-refractivity contribution in [1.82, 2.24) is 14.6 Å². The quantitative estimate of drug-likeness (QED) is 0.799. The molecule has 2 aromatic heterocycles. The number of hydrogen-bond donors (Lipinski definition) is 0. The summed E-state index contributed by atoms with van der Waals surface area (Å²) in [5, 5.41) is 4.18. The first-order valence-corrected chi connectivity index (χ1v) is 6.31. The van der Waals surface area contributed by atoms with E-state index in [9.17, 15) is 9.59 Å². The fourth-order valence-electron chi connectivity index (χ4n) is 1.66. The minimum Gasteiger partial charge on any atom is -0.454 e. The normalized spacial score (nSPS) is 11.6. The van der Waals surface area contributed by atoms with E-state index in [2.05, 4.69) is 10.1 Å². The predicted molar refractivity (Wildman–Crippen MR) is 72.5 cm³/mol. The largest absolute Gasteiger partial charge is 0.454 e. The van der Waals surface area contributed by atoms with E-state index in [1.807, 2.05) is 0 Å². The second-order valence-electron chi connectivity index (χ2n) is 5.60. The monoisotopic (exact) mass is 275 g/mol. The molecule has 0 aromatic carbocycles. The van der Waals surface area contributed by atoms with Crippen LogP contribution in [0.5, 0.6) is 0 Å². The number of carbonyl (C=O) groups is 2. The van der Waals surface area contributed by atoms with E-state index in [0.717, 1.165) is 0 Å². The Balaban J connectivity index is 2.20. The average molecular weight is 275 g/mol. The highest BCUT2D eigenvalue weighted by molar-refractivity contribution is 5.98. The van der Waals surface area contributed by atoms with Crippen molar-refractivity contribution in [3.05, 3.63) is 29.7 Å². The van der Waals surface area contributed by atoms with E-state index in [0.29, 0.717) is 16.9 Å². The van der Waals surface area contributed by atoms with Crippen molar-refractivity contribution in [3.63, 3.8) is 0 Å². The Hall–Kier alpha value is -2.24. The van der Waals surface area contributed by atoms with Crippen molar-refractivity contribution < 1.29 is 14.3 Å². The number of ketones is 1. The molecule has 0 amide bonds. The van der Waals surface area contributed by atoms with Gasteiger partial charge in [-0.05, 0) is 13.0 Å². The van der Waals surface area contributed by atoms with Gasteiger partial charge in [0.15, 0.2) is 18.0 Å². The van der Waals surface area contributed by atoms with Crippen LogP contribution in [0.3, 0.4) is 0 Å². The molecule has 0 fully saturated rings. The second-order valence-corrected chi connectivity index (χ2v) is 5.60. The molecule has 0 bridgehead atoms. The standard InChI is InChI=1S/C14H17N3O3/c1-9-11(12-15-6-5-7-17(12)16-9)13(19)20-8-10(18)14(2,3)4/h5-7H,8H2,1-4H3. The molecular formula is C14H17N3O3. The Morgan fingerprint density at radius 1 is 1.35 bits per heavy atom. The summed E-state index contributed by atoms with van der Waals surface area (Å²) in [6.07, 6.45) is 3.28. The zero-order valence-corrected chi connectivity index (χ0v) is 12.0. The Morgan fingerprint density at radius 2 is 2.05 bits per heavy atom. The molecule has 0 radical (unpaired) electrons. The van der Waals surface area contributed by atoms with E-state index in [4.69, 9.17) is 4.74 Å². The fourth-order valence-corrected chi connectivity index (χ4v) is 1.66. The van der Waals surface area contributed by atoms with Crippen LogP contribution in [0, 0.1) is 12.3 Å². The van der Waals surface area contributed by atoms with Crippen LogP contribution < -0.4 is 0 Å². The lowest BCUT2D eigenvalue weighted by atomic mass is 9.91. The van der Waals surface area contributed by atoms with E-state index in [-0.39, 0.29) is 12.4 Å². The van der Waals surface area contributed by atoms with Crippen molar-refractivity contribution in [2.45, 2.75) is 27.7 Å². The first-order valence-electron chi connectivity index (χ1n) is 6.31. The topological polar surface area (TPSA) is 73.6 Å². The van der Waals surface area contributed by atoms with Gasteiger partial charge in [-0.1, -0.05) is 20.8 Å². The Labute approximate surface area is 116 Å². The molecule has 0 N–H and O–H groups in total. The smallest absolute Gasteiger partial charge is 0.344 e. The Kier molecular flexibility index (Phi) is 3.57. The van der Waals surface area contributed by atoms with Gasteiger partial charge in [0.1, 0.15) is 5.56 Å². The zero-order chi connectivity index (χ0) is 14.9. The highest BCUT2D eigenvalue weighted by Crippen LogP contribution is 2.17. The van der Waals surface area contributed by atoms with Crippen molar-refractivity contribution in [3.8, 4) is 0 Å². The molecule has 2 heterocycles. The first kappa shape index (κ1) is 14.2. The van der Waals surface area contributed by atoms with E-state index in [1.54, 1.807) is 46.2 Å². The van der Waals surface area contributed by atoms with Crippen LogP contribution in [0.15, 0.2) is 18.5 Å². The third-order valence-electron chi connectivity index (χ3n) is 2.95. The Bertz CT molecular complexity index is 668. The minimum absolute atomic E-state index is 0.132. The highest BCUT2D eigenvalue weighted by atomic mass is 16.5. The molecule has 2 aromatic rings. The molecule has 0 aliphatic rings. The van der Waals surface area contributed by atoms with Crippen LogP contribution in [0.1, 0.15) is 36.8 Å². The number of ether oxygens (including phenoxy) is 1.